The van der Waals surface area contributed by atoms with Crippen LogP contribution < -0.4 is 0 Å². The molecule has 1 N–H and O–H groups in total. The van der Waals surface area contributed by atoms with Gasteiger partial charge in [-0.15, -0.1) is 0 Å². The Kier molecular flexibility index (Phi) is 1.81. The van der Waals surface area contributed by atoms with Crippen molar-refractivity contribution in [2.75, 3.05) is 0 Å². The average molecular weight is 198 g/mol. The highest BCUT2D eigenvalue weighted by Gasteiger charge is 2.06. The molecule has 2 aromatic rings. The smallest absolute Gasteiger partial charge is 0.172 e. The Balaban J connectivity index is 2.89. The van der Waals surface area contributed by atoms with Gasteiger partial charge in [-0.05, 0) is 18.2 Å². The van der Waals surface area contributed by atoms with Crippen LogP contribution in [0.4, 0.5) is 4.39 Å². The van der Waals surface area contributed by atoms with Crippen molar-refractivity contribution in [3.05, 3.63) is 35.4 Å². The Morgan fingerprint density at radius 2 is 2.15 bits per heavy atom. The predicted molar refractivity (Wildman–Crippen MR) is 48.4 cm³/mol. The number of phenols is 1. The van der Waals surface area contributed by atoms with Crippen molar-refractivity contribution in [2.45, 2.75) is 0 Å². The zero-order chi connectivity index (χ0) is 9.42. The summed E-state index contributed by atoms with van der Waals surface area (Å²) in [6, 6.07) is 4.25. The Labute approximate surface area is 78.6 Å². The van der Waals surface area contributed by atoms with Crippen LogP contribution in [0.25, 0.3) is 10.8 Å². The molecule has 0 atom stereocenters. The van der Waals surface area contributed by atoms with Gasteiger partial charge in [0.1, 0.15) is 5.15 Å². The lowest BCUT2D eigenvalue weighted by Gasteiger charge is -2.00. The second kappa shape index (κ2) is 2.85. The molecule has 0 saturated heterocycles. The molecule has 0 bridgehead atoms. The van der Waals surface area contributed by atoms with Gasteiger partial charge in [0.2, 0.25) is 0 Å². The van der Waals surface area contributed by atoms with E-state index in [1.165, 1.54) is 18.3 Å². The van der Waals surface area contributed by atoms with Crippen LogP contribution in [0, 0.1) is 5.82 Å². The van der Waals surface area contributed by atoms with Crippen molar-refractivity contribution >= 4 is 22.4 Å². The van der Waals surface area contributed by atoms with Gasteiger partial charge in [-0.25, -0.2) is 9.37 Å². The zero-order valence-electron chi connectivity index (χ0n) is 6.46. The van der Waals surface area contributed by atoms with Crippen LogP contribution >= 0.6 is 11.6 Å². The number of rotatable bonds is 0. The Morgan fingerprint density at radius 1 is 1.38 bits per heavy atom. The van der Waals surface area contributed by atoms with Crippen LogP contribution in [0.5, 0.6) is 5.75 Å². The molecule has 1 aromatic heterocycles. The van der Waals surface area contributed by atoms with Crippen LogP contribution in [0.1, 0.15) is 0 Å². The Bertz CT molecular complexity index is 467. The molecule has 66 valence electrons. The maximum absolute atomic E-state index is 13.2. The largest absolute Gasteiger partial charge is 0.505 e. The summed E-state index contributed by atoms with van der Waals surface area (Å²) in [6.45, 7) is 0. The molecule has 0 radical (unpaired) electrons. The number of benzene rings is 1. The van der Waals surface area contributed by atoms with Gasteiger partial charge in [0.05, 0.1) is 0 Å². The van der Waals surface area contributed by atoms with Crippen LogP contribution in [-0.4, -0.2) is 10.1 Å². The lowest BCUT2D eigenvalue weighted by Crippen LogP contribution is -1.82. The molecule has 0 saturated carbocycles. The molecule has 0 amide bonds. The third-order valence-electron chi connectivity index (χ3n) is 1.78. The highest BCUT2D eigenvalue weighted by atomic mass is 35.5. The van der Waals surface area contributed by atoms with Crippen LogP contribution in [0.15, 0.2) is 24.4 Å². The summed E-state index contributed by atoms with van der Waals surface area (Å²) < 4.78 is 13.2. The molecule has 4 heteroatoms. The van der Waals surface area contributed by atoms with Crippen molar-refractivity contribution in [1.29, 1.82) is 0 Å². The fourth-order valence-corrected chi connectivity index (χ4v) is 1.30. The summed E-state index contributed by atoms with van der Waals surface area (Å²) in [5, 5.41) is 10.2. The zero-order valence-corrected chi connectivity index (χ0v) is 7.22. The second-order valence-corrected chi connectivity index (χ2v) is 3.01. The number of aromatic nitrogens is 1. The van der Waals surface area contributed by atoms with E-state index in [9.17, 15) is 4.39 Å². The first-order valence-corrected chi connectivity index (χ1v) is 3.99. The molecule has 0 aliphatic carbocycles. The number of hydrogen-bond donors (Lipinski definition) is 1. The van der Waals surface area contributed by atoms with Crippen molar-refractivity contribution in [2.24, 2.45) is 0 Å². The van der Waals surface area contributed by atoms with Gasteiger partial charge in [-0.1, -0.05) is 11.6 Å². The van der Waals surface area contributed by atoms with E-state index in [-0.39, 0.29) is 16.3 Å². The lowest BCUT2D eigenvalue weighted by molar-refractivity contribution is 0.436. The minimum Gasteiger partial charge on any atom is -0.505 e. The molecule has 2 rings (SSSR count). The van der Waals surface area contributed by atoms with Gasteiger partial charge < -0.3 is 5.11 Å². The minimum absolute atomic E-state index is 0.206. The standard InChI is InChI=1S/C9H5ClFNO/c10-8-3-6-5(4-12-8)1-2-7(13)9(6)11/h1-4,13H. The van der Waals surface area contributed by atoms with E-state index in [0.29, 0.717) is 5.39 Å². The van der Waals surface area contributed by atoms with E-state index in [1.54, 1.807) is 6.07 Å². The molecule has 1 aromatic carbocycles. The molecule has 13 heavy (non-hydrogen) atoms. The molecule has 0 unspecified atom stereocenters. The highest BCUT2D eigenvalue weighted by Crippen LogP contribution is 2.26. The van der Waals surface area contributed by atoms with Gasteiger partial charge in [0.25, 0.3) is 0 Å². The number of fused-ring (bicyclic) bond motifs is 1. The number of nitrogens with zero attached hydrogens (tertiary/aromatic N) is 1. The number of pyridine rings is 1. The third kappa shape index (κ3) is 1.31. The lowest BCUT2D eigenvalue weighted by atomic mass is 10.1. The van der Waals surface area contributed by atoms with E-state index in [1.807, 2.05) is 0 Å². The molecule has 1 heterocycles. The van der Waals surface area contributed by atoms with Crippen LogP contribution in [-0.2, 0) is 0 Å². The SMILES string of the molecule is Oc1ccc2cnc(Cl)cc2c1F. The molecule has 0 spiro atoms. The van der Waals surface area contributed by atoms with Crippen molar-refractivity contribution in [3.63, 3.8) is 0 Å². The van der Waals surface area contributed by atoms with E-state index in [4.69, 9.17) is 16.7 Å². The summed E-state index contributed by atoms with van der Waals surface area (Å²) >= 11 is 5.58. The molecule has 0 aliphatic heterocycles. The molecule has 0 fully saturated rings. The first-order valence-electron chi connectivity index (χ1n) is 3.61. The maximum Gasteiger partial charge on any atom is 0.172 e. The van der Waals surface area contributed by atoms with E-state index >= 15 is 0 Å². The van der Waals surface area contributed by atoms with Crippen molar-refractivity contribution < 1.29 is 9.50 Å². The second-order valence-electron chi connectivity index (χ2n) is 2.63. The third-order valence-corrected chi connectivity index (χ3v) is 1.99. The first-order chi connectivity index (χ1) is 6.18. The molecular formula is C9H5ClFNO. The minimum atomic E-state index is -0.665. The first kappa shape index (κ1) is 8.26. The van der Waals surface area contributed by atoms with Gasteiger partial charge >= 0.3 is 0 Å². The number of phenolic OH excluding ortho intramolecular Hbond substituents is 1. The molecule has 2 nitrogen and oxygen atoms in total. The molecular weight excluding hydrogens is 193 g/mol. The van der Waals surface area contributed by atoms with Gasteiger partial charge in [-0.2, -0.15) is 0 Å². The quantitative estimate of drug-likeness (QED) is 0.659. The van der Waals surface area contributed by atoms with E-state index in [0.717, 1.165) is 0 Å². The van der Waals surface area contributed by atoms with Gasteiger partial charge in [0, 0.05) is 17.0 Å². The van der Waals surface area contributed by atoms with Crippen molar-refractivity contribution in [1.82, 2.24) is 4.98 Å². The summed E-state index contributed by atoms with van der Waals surface area (Å²) in [5.41, 5.74) is 0. The number of aromatic hydroxyl groups is 1. The van der Waals surface area contributed by atoms with E-state index < -0.39 is 5.82 Å². The van der Waals surface area contributed by atoms with Crippen molar-refractivity contribution in [3.8, 4) is 5.75 Å². The van der Waals surface area contributed by atoms with Gasteiger partial charge in [-0.3, -0.25) is 0 Å². The number of halogens is 2. The molecule has 0 aliphatic rings. The predicted octanol–water partition coefficient (Wildman–Crippen LogP) is 2.73. The summed E-state index contributed by atoms with van der Waals surface area (Å²) in [7, 11) is 0. The number of hydrogen-bond acceptors (Lipinski definition) is 2. The summed E-state index contributed by atoms with van der Waals surface area (Å²) in [4.78, 5) is 3.80. The fraction of sp³-hybridized carbons (Fsp3) is 0. The average Bonchev–Trinajstić information content (AvgIpc) is 2.12. The topological polar surface area (TPSA) is 33.1 Å². The maximum atomic E-state index is 13.2. The normalized spacial score (nSPS) is 10.6. The highest BCUT2D eigenvalue weighted by molar-refractivity contribution is 6.30. The summed E-state index contributed by atoms with van der Waals surface area (Å²) in [6.07, 6.45) is 1.46. The van der Waals surface area contributed by atoms with Crippen LogP contribution in [0.2, 0.25) is 5.15 Å². The van der Waals surface area contributed by atoms with E-state index in [2.05, 4.69) is 4.98 Å². The fourth-order valence-electron chi connectivity index (χ4n) is 1.14. The van der Waals surface area contributed by atoms with Gasteiger partial charge in [0.15, 0.2) is 11.6 Å². The summed E-state index contributed by atoms with van der Waals surface area (Å²) in [5.74, 6) is -1.04. The van der Waals surface area contributed by atoms with Crippen LogP contribution in [0.3, 0.4) is 0 Å². The Morgan fingerprint density at radius 3 is 2.92 bits per heavy atom. The Hall–Kier alpha value is -1.35. The monoisotopic (exact) mass is 197 g/mol.